The van der Waals surface area contributed by atoms with Crippen molar-refractivity contribution in [1.29, 1.82) is 0 Å². The highest BCUT2D eigenvalue weighted by Crippen LogP contribution is 2.27. The van der Waals surface area contributed by atoms with Crippen LogP contribution >= 0.6 is 0 Å². The lowest BCUT2D eigenvalue weighted by molar-refractivity contribution is -0.694. The summed E-state index contributed by atoms with van der Waals surface area (Å²) < 4.78 is 16.5. The van der Waals surface area contributed by atoms with Gasteiger partial charge in [-0.15, -0.1) is 0 Å². The van der Waals surface area contributed by atoms with Crippen LogP contribution in [-0.2, 0) is 13.0 Å². The smallest absolute Gasteiger partial charge is 0.160 e. The van der Waals surface area contributed by atoms with E-state index in [4.69, 9.17) is 14.2 Å². The summed E-state index contributed by atoms with van der Waals surface area (Å²) in [5.74, 6) is 2.27. The lowest BCUT2D eigenvalue weighted by Crippen LogP contribution is -3.00. The Morgan fingerprint density at radius 2 is 1.53 bits per heavy atom. The first-order valence-corrected chi connectivity index (χ1v) is 10.6. The van der Waals surface area contributed by atoms with Crippen LogP contribution in [0.15, 0.2) is 72.8 Å². The third-order valence-corrected chi connectivity index (χ3v) is 5.39. The van der Waals surface area contributed by atoms with Gasteiger partial charge in [0.15, 0.2) is 11.5 Å². The Hall–Kier alpha value is -2.73. The van der Waals surface area contributed by atoms with Gasteiger partial charge in [-0.3, -0.25) is 0 Å². The summed E-state index contributed by atoms with van der Waals surface area (Å²) in [6.07, 6.45) is 0.331. The third-order valence-electron chi connectivity index (χ3n) is 5.39. The summed E-state index contributed by atoms with van der Waals surface area (Å²) in [4.78, 5) is 0. The number of aliphatic hydroxyl groups excluding tert-OH is 1. The highest BCUT2D eigenvalue weighted by molar-refractivity contribution is 5.42. The van der Waals surface area contributed by atoms with Crippen LogP contribution in [0.5, 0.6) is 17.2 Å². The third kappa shape index (κ3) is 7.16. The van der Waals surface area contributed by atoms with E-state index in [1.54, 1.807) is 14.2 Å². The van der Waals surface area contributed by atoms with Crippen molar-refractivity contribution in [1.82, 2.24) is 0 Å². The molecule has 3 rings (SSSR count). The molecule has 3 aromatic rings. The normalized spacial score (nSPS) is 12.4. The van der Waals surface area contributed by atoms with Gasteiger partial charge >= 0.3 is 0 Å². The molecule has 0 aliphatic rings. The number of quaternary nitrogens is 1. The molecule has 32 heavy (non-hydrogen) atoms. The fourth-order valence-electron chi connectivity index (χ4n) is 3.48. The predicted octanol–water partition coefficient (Wildman–Crippen LogP) is 0.515. The van der Waals surface area contributed by atoms with Gasteiger partial charge in [0.2, 0.25) is 0 Å². The van der Waals surface area contributed by atoms with E-state index in [-0.39, 0.29) is 18.4 Å². The second-order valence-corrected chi connectivity index (χ2v) is 7.61. The van der Waals surface area contributed by atoms with Crippen molar-refractivity contribution in [2.45, 2.75) is 32.1 Å². The molecule has 0 fully saturated rings. The number of benzene rings is 3. The van der Waals surface area contributed by atoms with Crippen molar-refractivity contribution in [2.75, 3.05) is 20.8 Å². The zero-order valence-electron chi connectivity index (χ0n) is 18.8. The van der Waals surface area contributed by atoms with Crippen LogP contribution in [0.25, 0.3) is 0 Å². The Balaban J connectivity index is 0.00000363. The maximum absolute atomic E-state index is 10.7. The zero-order chi connectivity index (χ0) is 22.1. The summed E-state index contributed by atoms with van der Waals surface area (Å²) in [5.41, 5.74) is 3.20. The van der Waals surface area contributed by atoms with Gasteiger partial charge in [0.05, 0.1) is 20.8 Å². The van der Waals surface area contributed by atoms with E-state index in [1.165, 1.54) is 5.56 Å². The molecular weight excluding hydrogens is 426 g/mol. The van der Waals surface area contributed by atoms with Gasteiger partial charge in [-0.1, -0.05) is 48.5 Å². The second-order valence-electron chi connectivity index (χ2n) is 7.61. The number of nitrogens with two attached hydrogens (primary N) is 1. The molecule has 0 aliphatic carbocycles. The van der Waals surface area contributed by atoms with Crippen molar-refractivity contribution >= 4 is 0 Å². The SMILES string of the molecule is COc1ccc(CC[NH2+]C(C)C(O)c2ccc(OCc3ccccc3)cc2)cc1OC.[Cl-]. The summed E-state index contributed by atoms with van der Waals surface area (Å²) in [6, 6.07) is 23.8. The predicted molar refractivity (Wildman–Crippen MR) is 122 cm³/mol. The number of rotatable bonds is 11. The standard InChI is InChI=1S/C26H31NO4.ClH/c1-19(27-16-15-20-9-14-24(29-2)25(17-20)30-3)26(28)22-10-12-23(13-11-22)31-18-21-7-5-4-6-8-21;/h4-14,17,19,26-28H,15-16,18H2,1-3H3;1H. The lowest BCUT2D eigenvalue weighted by Gasteiger charge is -2.18. The number of ether oxygens (including phenoxy) is 3. The Labute approximate surface area is 196 Å². The Morgan fingerprint density at radius 3 is 2.19 bits per heavy atom. The van der Waals surface area contributed by atoms with Crippen LogP contribution in [0.4, 0.5) is 0 Å². The molecule has 2 unspecified atom stereocenters. The molecule has 0 amide bonds. The molecule has 0 bridgehead atoms. The van der Waals surface area contributed by atoms with E-state index in [0.29, 0.717) is 6.61 Å². The summed E-state index contributed by atoms with van der Waals surface area (Å²) in [5, 5.41) is 12.9. The quantitative estimate of drug-likeness (QED) is 0.440. The molecule has 0 saturated carbocycles. The van der Waals surface area contributed by atoms with Gasteiger partial charge in [0, 0.05) is 6.42 Å². The van der Waals surface area contributed by atoms with Gasteiger partial charge in [-0.25, -0.2) is 0 Å². The van der Waals surface area contributed by atoms with E-state index < -0.39 is 6.10 Å². The first kappa shape index (κ1) is 25.5. The fraction of sp³-hybridized carbons (Fsp3) is 0.308. The molecule has 0 radical (unpaired) electrons. The van der Waals surface area contributed by atoms with E-state index in [9.17, 15) is 5.11 Å². The number of methoxy groups -OCH3 is 2. The van der Waals surface area contributed by atoms with Crippen molar-refractivity contribution < 1.29 is 37.0 Å². The maximum Gasteiger partial charge on any atom is 0.160 e. The van der Waals surface area contributed by atoms with Crippen LogP contribution in [0.3, 0.4) is 0 Å². The van der Waals surface area contributed by atoms with Gasteiger partial charge in [0.25, 0.3) is 0 Å². The second kappa shape index (κ2) is 13.0. The minimum absolute atomic E-state index is 0. The average Bonchev–Trinajstić information content (AvgIpc) is 2.83. The molecule has 3 aromatic carbocycles. The average molecular weight is 458 g/mol. The van der Waals surface area contributed by atoms with Crippen LogP contribution in [-0.4, -0.2) is 31.9 Å². The van der Waals surface area contributed by atoms with Gasteiger partial charge in [0.1, 0.15) is 24.5 Å². The lowest BCUT2D eigenvalue weighted by atomic mass is 10.0. The molecule has 172 valence electrons. The van der Waals surface area contributed by atoms with E-state index >= 15 is 0 Å². The fourth-order valence-corrected chi connectivity index (χ4v) is 3.48. The van der Waals surface area contributed by atoms with E-state index in [1.807, 2.05) is 79.7 Å². The summed E-state index contributed by atoms with van der Waals surface area (Å²) in [7, 11) is 3.28. The zero-order valence-corrected chi connectivity index (χ0v) is 19.6. The molecule has 0 aliphatic heterocycles. The van der Waals surface area contributed by atoms with Gasteiger partial charge in [-0.2, -0.15) is 0 Å². The van der Waals surface area contributed by atoms with Crippen molar-refractivity contribution in [3.8, 4) is 17.2 Å². The van der Waals surface area contributed by atoms with E-state index in [0.717, 1.165) is 41.3 Å². The first-order valence-electron chi connectivity index (χ1n) is 10.6. The van der Waals surface area contributed by atoms with Crippen molar-refractivity contribution in [3.05, 3.63) is 89.5 Å². The van der Waals surface area contributed by atoms with Crippen LogP contribution in [0.2, 0.25) is 0 Å². The summed E-state index contributed by atoms with van der Waals surface area (Å²) >= 11 is 0. The maximum atomic E-state index is 10.7. The molecule has 5 nitrogen and oxygen atoms in total. The topological polar surface area (TPSA) is 64.5 Å². The van der Waals surface area contributed by atoms with Crippen molar-refractivity contribution in [2.24, 2.45) is 0 Å². The molecule has 0 aromatic heterocycles. The Kier molecular flexibility index (Phi) is 10.3. The van der Waals surface area contributed by atoms with Crippen molar-refractivity contribution in [3.63, 3.8) is 0 Å². The molecule has 0 spiro atoms. The molecule has 6 heteroatoms. The molecule has 2 atom stereocenters. The van der Waals surface area contributed by atoms with Gasteiger partial charge in [-0.05, 0) is 47.9 Å². The number of halogens is 1. The molecule has 0 saturated heterocycles. The number of aliphatic hydroxyl groups is 1. The van der Waals surface area contributed by atoms with Gasteiger partial charge < -0.3 is 37.0 Å². The highest BCUT2D eigenvalue weighted by atomic mass is 35.5. The highest BCUT2D eigenvalue weighted by Gasteiger charge is 2.19. The molecular formula is C26H32ClNO4. The number of hydrogen-bond donors (Lipinski definition) is 2. The molecule has 3 N–H and O–H groups in total. The largest absolute Gasteiger partial charge is 1.00 e. The monoisotopic (exact) mass is 457 g/mol. The van der Waals surface area contributed by atoms with Crippen LogP contribution in [0.1, 0.15) is 29.7 Å². The minimum atomic E-state index is -0.548. The Bertz CT molecular complexity index is 934. The molecule has 0 heterocycles. The minimum Gasteiger partial charge on any atom is -1.00 e. The number of hydrogen-bond acceptors (Lipinski definition) is 4. The Morgan fingerprint density at radius 1 is 0.844 bits per heavy atom. The van der Waals surface area contributed by atoms with E-state index in [2.05, 4.69) is 5.32 Å². The van der Waals surface area contributed by atoms with Crippen LogP contribution in [0, 0.1) is 0 Å². The summed E-state index contributed by atoms with van der Waals surface area (Å²) in [6.45, 7) is 3.44. The van der Waals surface area contributed by atoms with Crippen LogP contribution < -0.4 is 31.9 Å². The first-order chi connectivity index (χ1) is 15.1.